The van der Waals surface area contributed by atoms with Gasteiger partial charge in [0.05, 0.1) is 0 Å². The van der Waals surface area contributed by atoms with Crippen LogP contribution < -0.4 is 0 Å². The molecule has 0 amide bonds. The zero-order valence-electron chi connectivity index (χ0n) is 7.03. The summed E-state index contributed by atoms with van der Waals surface area (Å²) in [5, 5.41) is 11.6. The minimum Gasteiger partial charge on any atom is -0.476 e. The molecule has 0 unspecified atom stereocenters. The molecule has 0 aromatic carbocycles. The molecule has 0 rings (SSSR count). The number of carboxylic acids is 1. The van der Waals surface area contributed by atoms with Gasteiger partial charge in [0.25, 0.3) is 0 Å². The van der Waals surface area contributed by atoms with E-state index in [1.807, 2.05) is 6.92 Å². The summed E-state index contributed by atoms with van der Waals surface area (Å²) in [6.07, 6.45) is 0.717. The van der Waals surface area contributed by atoms with Gasteiger partial charge in [0, 0.05) is 6.92 Å². The van der Waals surface area contributed by atoms with Gasteiger partial charge in [-0.25, -0.2) is 4.79 Å². The van der Waals surface area contributed by atoms with Crippen molar-refractivity contribution in [2.75, 3.05) is 6.61 Å². The van der Waals surface area contributed by atoms with Gasteiger partial charge >= 0.3 is 5.97 Å². The summed E-state index contributed by atoms with van der Waals surface area (Å²) in [7, 11) is 0. The minimum atomic E-state index is -1.36. The second-order valence-electron chi connectivity index (χ2n) is 2.13. The maximum atomic E-state index is 10.6. The molecular weight excluding hydrogens is 162 g/mol. The van der Waals surface area contributed by atoms with E-state index in [4.69, 9.17) is 5.11 Å². The largest absolute Gasteiger partial charge is 0.476 e. The third-order valence-corrected chi connectivity index (χ3v) is 0.987. The highest BCUT2D eigenvalue weighted by molar-refractivity contribution is 6.63. The molecule has 0 radical (unpaired) electrons. The summed E-state index contributed by atoms with van der Waals surface area (Å²) in [5.41, 5.74) is -0.566. The van der Waals surface area contributed by atoms with Crippen LogP contribution in [0.25, 0.3) is 0 Å². The summed E-state index contributed by atoms with van der Waals surface area (Å²) < 4.78 is 0. The highest BCUT2D eigenvalue weighted by Gasteiger charge is 2.15. The molecule has 1 N–H and O–H groups in total. The topological polar surface area (TPSA) is 76.0 Å². The second-order valence-corrected chi connectivity index (χ2v) is 2.13. The van der Waals surface area contributed by atoms with Gasteiger partial charge in [-0.2, -0.15) is 0 Å². The van der Waals surface area contributed by atoms with Crippen molar-refractivity contribution < 1.29 is 19.5 Å². The van der Waals surface area contributed by atoms with Crippen molar-refractivity contribution in [1.82, 2.24) is 0 Å². The van der Waals surface area contributed by atoms with Crippen LogP contribution in [0.2, 0.25) is 0 Å². The molecule has 12 heavy (non-hydrogen) atoms. The fraction of sp³-hybridized carbons (Fsp3) is 0.571. The van der Waals surface area contributed by atoms with Gasteiger partial charge in [-0.1, -0.05) is 12.1 Å². The fourth-order valence-electron chi connectivity index (χ4n) is 0.455. The molecule has 0 aliphatic rings. The molecule has 0 fully saturated rings. The molecule has 0 saturated heterocycles. The van der Waals surface area contributed by atoms with E-state index in [0.717, 1.165) is 6.92 Å². The van der Waals surface area contributed by atoms with Crippen molar-refractivity contribution >= 4 is 17.5 Å². The normalized spacial score (nSPS) is 11.0. The molecule has 5 heteroatoms. The average molecular weight is 173 g/mol. The molecule has 0 bridgehead atoms. The van der Waals surface area contributed by atoms with Gasteiger partial charge in [-0.05, 0) is 6.42 Å². The summed E-state index contributed by atoms with van der Waals surface area (Å²) in [4.78, 5) is 25.4. The quantitative estimate of drug-likeness (QED) is 0.283. The second kappa shape index (κ2) is 5.29. The number of Topliss-reactive ketones (excluding diaryl/α,β-unsaturated/α-hetero) is 1. The van der Waals surface area contributed by atoms with E-state index in [-0.39, 0.29) is 0 Å². The first kappa shape index (κ1) is 10.6. The van der Waals surface area contributed by atoms with Gasteiger partial charge < -0.3 is 9.94 Å². The highest BCUT2D eigenvalue weighted by atomic mass is 16.6. The number of nitrogens with zero attached hydrogens (tertiary/aromatic N) is 1. The number of ketones is 1. The Labute approximate surface area is 70.0 Å². The molecule has 0 aliphatic carbocycles. The van der Waals surface area contributed by atoms with Crippen molar-refractivity contribution in [3.8, 4) is 0 Å². The Balaban J connectivity index is 4.20. The number of hydrogen-bond acceptors (Lipinski definition) is 4. The fourth-order valence-corrected chi connectivity index (χ4v) is 0.455. The van der Waals surface area contributed by atoms with E-state index >= 15 is 0 Å². The first-order valence-electron chi connectivity index (χ1n) is 3.53. The Morgan fingerprint density at radius 2 is 2.08 bits per heavy atom. The van der Waals surface area contributed by atoms with Crippen LogP contribution in [0.15, 0.2) is 5.16 Å². The molecule has 5 nitrogen and oxygen atoms in total. The summed E-state index contributed by atoms with van der Waals surface area (Å²) >= 11 is 0. The number of carboxylic acid groups (broad SMARTS) is 1. The molecule has 0 spiro atoms. The van der Waals surface area contributed by atoms with Crippen molar-refractivity contribution in [1.29, 1.82) is 0 Å². The third-order valence-electron chi connectivity index (χ3n) is 0.987. The Kier molecular flexibility index (Phi) is 4.67. The number of aliphatic carboxylic acids is 1. The van der Waals surface area contributed by atoms with Crippen molar-refractivity contribution in [3.05, 3.63) is 0 Å². The first-order chi connectivity index (χ1) is 5.59. The maximum absolute atomic E-state index is 10.6. The summed E-state index contributed by atoms with van der Waals surface area (Å²) in [6, 6.07) is 0. The SMILES string of the molecule is CCCO/N=C(/C(C)=O)C(=O)O. The van der Waals surface area contributed by atoms with E-state index in [1.165, 1.54) is 0 Å². The van der Waals surface area contributed by atoms with E-state index < -0.39 is 17.5 Å². The van der Waals surface area contributed by atoms with Crippen LogP contribution in [0.5, 0.6) is 0 Å². The molecule has 68 valence electrons. The van der Waals surface area contributed by atoms with Gasteiger partial charge in [0.15, 0.2) is 5.78 Å². The lowest BCUT2D eigenvalue weighted by Crippen LogP contribution is -2.21. The predicted octanol–water partition coefficient (Wildman–Crippen LogP) is 0.443. The van der Waals surface area contributed by atoms with Crippen LogP contribution in [-0.2, 0) is 14.4 Å². The monoisotopic (exact) mass is 173 g/mol. The van der Waals surface area contributed by atoms with E-state index in [2.05, 4.69) is 9.99 Å². The lowest BCUT2D eigenvalue weighted by Gasteiger charge is -1.96. The maximum Gasteiger partial charge on any atom is 0.361 e. The van der Waals surface area contributed by atoms with Gasteiger partial charge in [-0.15, -0.1) is 0 Å². The van der Waals surface area contributed by atoms with Crippen LogP contribution >= 0.6 is 0 Å². The van der Waals surface area contributed by atoms with Crippen LogP contribution in [0.3, 0.4) is 0 Å². The standard InChI is InChI=1S/C7H11NO4/c1-3-4-12-8-6(5(2)9)7(10)11/h3-4H2,1-2H3,(H,10,11)/b8-6-. The lowest BCUT2D eigenvalue weighted by atomic mass is 10.3. The van der Waals surface area contributed by atoms with Crippen molar-refractivity contribution in [3.63, 3.8) is 0 Å². The van der Waals surface area contributed by atoms with Gasteiger partial charge in [0.1, 0.15) is 6.61 Å². The zero-order valence-corrected chi connectivity index (χ0v) is 7.03. The van der Waals surface area contributed by atoms with Crippen molar-refractivity contribution in [2.45, 2.75) is 20.3 Å². The molecule has 0 aliphatic heterocycles. The molecule has 0 aromatic rings. The summed E-state index contributed by atoms with van der Waals surface area (Å²) in [5.74, 6) is -1.97. The molecule has 0 atom stereocenters. The predicted molar refractivity (Wildman–Crippen MR) is 42.0 cm³/mol. The molecule has 0 saturated carbocycles. The van der Waals surface area contributed by atoms with Crippen molar-refractivity contribution in [2.24, 2.45) is 5.16 Å². The number of rotatable bonds is 5. The molecule has 0 heterocycles. The average Bonchev–Trinajstić information content (AvgIpc) is 1.96. The van der Waals surface area contributed by atoms with Gasteiger partial charge in [0.2, 0.25) is 5.71 Å². The smallest absolute Gasteiger partial charge is 0.361 e. The zero-order chi connectivity index (χ0) is 9.56. The number of oxime groups is 1. The van der Waals surface area contributed by atoms with Crippen LogP contribution in [0.1, 0.15) is 20.3 Å². The number of carbonyl (C=O) groups is 2. The van der Waals surface area contributed by atoms with E-state index in [1.54, 1.807) is 0 Å². The van der Waals surface area contributed by atoms with E-state index in [0.29, 0.717) is 13.0 Å². The van der Waals surface area contributed by atoms with E-state index in [9.17, 15) is 9.59 Å². The van der Waals surface area contributed by atoms with Crippen LogP contribution in [0.4, 0.5) is 0 Å². The Bertz CT molecular complexity index is 193. The van der Waals surface area contributed by atoms with Crippen LogP contribution in [0, 0.1) is 0 Å². The summed E-state index contributed by atoms with van der Waals surface area (Å²) in [6.45, 7) is 3.29. The Morgan fingerprint density at radius 1 is 1.50 bits per heavy atom. The molecular formula is C7H11NO4. The highest BCUT2D eigenvalue weighted by Crippen LogP contribution is 1.87. The van der Waals surface area contributed by atoms with Gasteiger partial charge in [-0.3, -0.25) is 4.79 Å². The molecule has 0 aromatic heterocycles. The Hall–Kier alpha value is -1.39. The minimum absolute atomic E-state index is 0.310. The number of hydrogen-bond donors (Lipinski definition) is 1. The third kappa shape index (κ3) is 3.70. The first-order valence-corrected chi connectivity index (χ1v) is 3.53. The number of carbonyl (C=O) groups excluding carboxylic acids is 1. The lowest BCUT2D eigenvalue weighted by molar-refractivity contribution is -0.130. The van der Waals surface area contributed by atoms with Crippen LogP contribution in [-0.4, -0.2) is 29.2 Å². The Morgan fingerprint density at radius 3 is 2.42 bits per heavy atom.